The molecule has 24 heavy (non-hydrogen) atoms. The summed E-state index contributed by atoms with van der Waals surface area (Å²) < 4.78 is 23.3. The molecule has 2 aliphatic heterocycles. The van der Waals surface area contributed by atoms with Crippen LogP contribution >= 0.6 is 0 Å². The topological polar surface area (TPSA) is 99.6 Å². The van der Waals surface area contributed by atoms with Gasteiger partial charge in [0.15, 0.2) is 9.84 Å². The molecule has 1 aromatic rings. The van der Waals surface area contributed by atoms with Crippen molar-refractivity contribution in [2.75, 3.05) is 29.9 Å². The predicted molar refractivity (Wildman–Crippen MR) is 90.3 cm³/mol. The summed E-state index contributed by atoms with van der Waals surface area (Å²) in [4.78, 5) is 18.5. The molecular weight excluding hydrogens is 330 g/mol. The average molecular weight is 353 g/mol. The Morgan fingerprint density at radius 1 is 1.29 bits per heavy atom. The largest absolute Gasteiger partial charge is 0.390 e. The van der Waals surface area contributed by atoms with Crippen molar-refractivity contribution in [1.82, 2.24) is 9.88 Å². The number of hydrogen-bond donors (Lipinski definition) is 2. The van der Waals surface area contributed by atoms with E-state index in [4.69, 9.17) is 0 Å². The molecule has 3 rings (SSSR count). The summed E-state index contributed by atoms with van der Waals surface area (Å²) in [5.74, 6) is 0.241. The van der Waals surface area contributed by atoms with Crippen molar-refractivity contribution in [1.29, 1.82) is 0 Å². The Kier molecular flexibility index (Phi) is 4.89. The second-order valence-corrected chi connectivity index (χ2v) is 8.89. The molecule has 2 saturated heterocycles. The second-order valence-electron chi connectivity index (χ2n) is 6.73. The maximum atomic E-state index is 12.3. The number of pyridine rings is 1. The quantitative estimate of drug-likeness (QED) is 0.805. The lowest BCUT2D eigenvalue weighted by Gasteiger charge is -2.36. The van der Waals surface area contributed by atoms with Crippen molar-refractivity contribution in [3.8, 4) is 0 Å². The number of sulfone groups is 1. The number of nitrogens with zero attached hydrogens (tertiary/aromatic N) is 2. The lowest BCUT2D eigenvalue weighted by atomic mass is 9.94. The SMILES string of the molecule is Cc1ccc(NC(=O)C2CCN([C@H]3CS(=O)(=O)C[C@@H]3O)CC2)nc1. The lowest BCUT2D eigenvalue weighted by Crippen LogP contribution is -2.48. The normalized spacial score (nSPS) is 27.9. The highest BCUT2D eigenvalue weighted by atomic mass is 32.2. The number of hydrogen-bond acceptors (Lipinski definition) is 6. The molecule has 3 heterocycles. The summed E-state index contributed by atoms with van der Waals surface area (Å²) in [7, 11) is -3.15. The number of rotatable bonds is 3. The van der Waals surface area contributed by atoms with Gasteiger partial charge in [0.2, 0.25) is 5.91 Å². The molecule has 0 unspecified atom stereocenters. The summed E-state index contributed by atoms with van der Waals surface area (Å²) in [6.45, 7) is 3.18. The highest BCUT2D eigenvalue weighted by molar-refractivity contribution is 7.91. The van der Waals surface area contributed by atoms with Crippen LogP contribution in [0.15, 0.2) is 18.3 Å². The first-order valence-electron chi connectivity index (χ1n) is 8.20. The van der Waals surface area contributed by atoms with E-state index in [1.54, 1.807) is 12.3 Å². The zero-order valence-electron chi connectivity index (χ0n) is 13.7. The van der Waals surface area contributed by atoms with Crippen molar-refractivity contribution in [2.24, 2.45) is 5.92 Å². The molecule has 132 valence electrons. The Morgan fingerprint density at radius 2 is 2.00 bits per heavy atom. The van der Waals surface area contributed by atoms with Crippen molar-refractivity contribution in [3.63, 3.8) is 0 Å². The van der Waals surface area contributed by atoms with Crippen LogP contribution in [0.4, 0.5) is 5.82 Å². The first-order valence-corrected chi connectivity index (χ1v) is 10.0. The molecule has 0 bridgehead atoms. The minimum absolute atomic E-state index is 0.0122. The highest BCUT2D eigenvalue weighted by Gasteiger charge is 2.41. The number of anilines is 1. The van der Waals surface area contributed by atoms with Crippen LogP contribution in [0.25, 0.3) is 0 Å². The third-order valence-electron chi connectivity index (χ3n) is 4.83. The fraction of sp³-hybridized carbons (Fsp3) is 0.625. The molecule has 0 spiro atoms. The zero-order chi connectivity index (χ0) is 17.3. The number of aryl methyl sites for hydroxylation is 1. The number of carbonyl (C=O) groups excluding carboxylic acids is 1. The van der Waals surface area contributed by atoms with E-state index >= 15 is 0 Å². The maximum Gasteiger partial charge on any atom is 0.228 e. The first-order chi connectivity index (χ1) is 11.3. The number of carbonyl (C=O) groups is 1. The van der Waals surface area contributed by atoms with Crippen LogP contribution in [0.3, 0.4) is 0 Å². The number of aliphatic hydroxyl groups excluding tert-OH is 1. The Hall–Kier alpha value is -1.51. The van der Waals surface area contributed by atoms with E-state index in [0.717, 1.165) is 5.56 Å². The molecule has 2 aliphatic rings. The molecule has 1 aromatic heterocycles. The molecule has 2 atom stereocenters. The molecule has 8 heteroatoms. The van der Waals surface area contributed by atoms with E-state index in [2.05, 4.69) is 10.3 Å². The van der Waals surface area contributed by atoms with E-state index in [9.17, 15) is 18.3 Å². The molecular formula is C16H23N3O4S. The number of aliphatic hydroxyl groups is 1. The summed E-state index contributed by atoms with van der Waals surface area (Å²) >= 11 is 0. The van der Waals surface area contributed by atoms with E-state index in [-0.39, 0.29) is 29.4 Å². The highest BCUT2D eigenvalue weighted by Crippen LogP contribution is 2.25. The second kappa shape index (κ2) is 6.78. The molecule has 0 saturated carbocycles. The van der Waals surface area contributed by atoms with Crippen LogP contribution in [0.5, 0.6) is 0 Å². The lowest BCUT2D eigenvalue weighted by molar-refractivity contribution is -0.121. The Morgan fingerprint density at radius 3 is 2.54 bits per heavy atom. The monoisotopic (exact) mass is 353 g/mol. The number of aromatic nitrogens is 1. The minimum atomic E-state index is -3.15. The van der Waals surface area contributed by atoms with E-state index in [1.807, 2.05) is 17.9 Å². The number of likely N-dealkylation sites (tertiary alicyclic amines) is 1. The molecule has 0 aliphatic carbocycles. The van der Waals surface area contributed by atoms with Gasteiger partial charge in [0.25, 0.3) is 0 Å². The molecule has 2 N–H and O–H groups in total. The van der Waals surface area contributed by atoms with Crippen LogP contribution in [-0.2, 0) is 14.6 Å². The van der Waals surface area contributed by atoms with Gasteiger partial charge in [0.05, 0.1) is 23.7 Å². The predicted octanol–water partition coefficient (Wildman–Crippen LogP) is 0.198. The third kappa shape index (κ3) is 3.93. The van der Waals surface area contributed by atoms with E-state index in [0.29, 0.717) is 31.7 Å². The Bertz CT molecular complexity index is 697. The summed E-state index contributed by atoms with van der Waals surface area (Å²) in [5, 5.41) is 12.8. The minimum Gasteiger partial charge on any atom is -0.390 e. The molecule has 1 amide bonds. The smallest absolute Gasteiger partial charge is 0.228 e. The van der Waals surface area contributed by atoms with Gasteiger partial charge in [-0.15, -0.1) is 0 Å². The summed E-state index contributed by atoms with van der Waals surface area (Å²) in [5.41, 5.74) is 1.03. The maximum absolute atomic E-state index is 12.3. The van der Waals surface area contributed by atoms with Gasteiger partial charge in [0, 0.05) is 12.1 Å². The van der Waals surface area contributed by atoms with Gasteiger partial charge in [-0.3, -0.25) is 9.69 Å². The zero-order valence-corrected chi connectivity index (χ0v) is 14.5. The average Bonchev–Trinajstić information content (AvgIpc) is 2.82. The summed E-state index contributed by atoms with van der Waals surface area (Å²) in [6.07, 6.45) is 2.19. The molecule has 2 fully saturated rings. The van der Waals surface area contributed by atoms with Crippen molar-refractivity contribution in [2.45, 2.75) is 31.9 Å². The van der Waals surface area contributed by atoms with Crippen LogP contribution in [0.1, 0.15) is 18.4 Å². The van der Waals surface area contributed by atoms with Crippen molar-refractivity contribution < 1.29 is 18.3 Å². The van der Waals surface area contributed by atoms with Gasteiger partial charge >= 0.3 is 0 Å². The van der Waals surface area contributed by atoms with E-state index in [1.165, 1.54) is 0 Å². The van der Waals surface area contributed by atoms with Gasteiger partial charge in [0.1, 0.15) is 5.82 Å². The molecule has 0 aromatic carbocycles. The van der Waals surface area contributed by atoms with E-state index < -0.39 is 15.9 Å². The van der Waals surface area contributed by atoms with Gasteiger partial charge in [-0.1, -0.05) is 6.07 Å². The van der Waals surface area contributed by atoms with Gasteiger partial charge in [-0.25, -0.2) is 13.4 Å². The number of nitrogens with one attached hydrogen (secondary N) is 1. The Labute approximate surface area is 142 Å². The van der Waals surface area contributed by atoms with Crippen molar-refractivity contribution in [3.05, 3.63) is 23.9 Å². The first kappa shape index (κ1) is 17.3. The van der Waals surface area contributed by atoms with Crippen LogP contribution in [-0.4, -0.2) is 66.1 Å². The van der Waals surface area contributed by atoms with Gasteiger partial charge < -0.3 is 10.4 Å². The van der Waals surface area contributed by atoms with Crippen LogP contribution < -0.4 is 5.32 Å². The number of piperidine rings is 1. The third-order valence-corrected chi connectivity index (χ3v) is 6.52. The molecule has 0 radical (unpaired) electrons. The fourth-order valence-corrected chi connectivity index (χ4v) is 5.25. The standard InChI is InChI=1S/C16H23N3O4S/c1-11-2-3-15(17-8-11)18-16(21)12-4-6-19(7-5-12)13-9-24(22,23)10-14(13)20/h2-3,8,12-14,20H,4-7,9-10H2,1H3,(H,17,18,21)/t13-,14-/m0/s1. The van der Waals surface area contributed by atoms with Gasteiger partial charge in [-0.05, 0) is 44.5 Å². The fourth-order valence-electron chi connectivity index (χ4n) is 3.42. The number of amides is 1. The Balaban J connectivity index is 1.53. The van der Waals surface area contributed by atoms with Gasteiger partial charge in [-0.2, -0.15) is 0 Å². The van der Waals surface area contributed by atoms with Crippen LogP contribution in [0.2, 0.25) is 0 Å². The summed E-state index contributed by atoms with van der Waals surface area (Å²) in [6, 6.07) is 3.34. The van der Waals surface area contributed by atoms with Crippen LogP contribution in [0, 0.1) is 12.8 Å². The van der Waals surface area contributed by atoms with Crippen molar-refractivity contribution >= 4 is 21.6 Å². The molecule has 7 nitrogen and oxygen atoms in total.